The Hall–Kier alpha value is -3.47. The highest BCUT2D eigenvalue weighted by atomic mass is 32.2. The van der Waals surface area contributed by atoms with Gasteiger partial charge in [0.15, 0.2) is 11.5 Å². The van der Waals surface area contributed by atoms with E-state index in [1.807, 2.05) is 18.4 Å². The molecule has 0 aliphatic heterocycles. The van der Waals surface area contributed by atoms with Crippen LogP contribution in [0.4, 0.5) is 5.82 Å². The van der Waals surface area contributed by atoms with Crippen LogP contribution in [0, 0.1) is 13.8 Å². The predicted molar refractivity (Wildman–Crippen MR) is 114 cm³/mol. The smallest absolute Gasteiger partial charge is 0.340 e. The van der Waals surface area contributed by atoms with Crippen molar-refractivity contribution in [2.45, 2.75) is 37.6 Å². The summed E-state index contributed by atoms with van der Waals surface area (Å²) in [6.45, 7) is 4.60. The molecule has 2 N–H and O–H groups in total. The Morgan fingerprint density at radius 2 is 2.13 bits per heavy atom. The molecule has 31 heavy (non-hydrogen) atoms. The van der Waals surface area contributed by atoms with Gasteiger partial charge < -0.3 is 19.6 Å². The van der Waals surface area contributed by atoms with Crippen molar-refractivity contribution in [3.8, 4) is 0 Å². The predicted octanol–water partition coefficient (Wildman–Crippen LogP) is 2.95. The summed E-state index contributed by atoms with van der Waals surface area (Å²) in [5.41, 5.74) is 9.30. The second kappa shape index (κ2) is 9.13. The van der Waals surface area contributed by atoms with Crippen LogP contribution in [0.25, 0.3) is 11.2 Å². The average molecular weight is 440 g/mol. The minimum atomic E-state index is -0.406. The molecule has 0 aliphatic carbocycles. The van der Waals surface area contributed by atoms with Gasteiger partial charge in [0.2, 0.25) is 0 Å². The van der Waals surface area contributed by atoms with E-state index in [0.29, 0.717) is 46.3 Å². The zero-order valence-corrected chi connectivity index (χ0v) is 17.9. The molecule has 4 aromatic heterocycles. The van der Waals surface area contributed by atoms with Gasteiger partial charge >= 0.3 is 5.97 Å². The second-order valence-corrected chi connectivity index (χ2v) is 7.77. The van der Waals surface area contributed by atoms with Crippen LogP contribution in [-0.4, -0.2) is 42.2 Å². The highest BCUT2D eigenvalue weighted by Gasteiger charge is 2.17. The van der Waals surface area contributed by atoms with E-state index in [1.54, 1.807) is 24.7 Å². The minimum absolute atomic E-state index is 0.252. The average Bonchev–Trinajstić information content (AvgIpc) is 3.33. The van der Waals surface area contributed by atoms with Crippen LogP contribution in [0.1, 0.15) is 33.8 Å². The van der Waals surface area contributed by atoms with Crippen molar-refractivity contribution in [1.82, 2.24) is 29.7 Å². The van der Waals surface area contributed by atoms with Gasteiger partial charge in [-0.15, -0.1) is 11.8 Å². The summed E-state index contributed by atoms with van der Waals surface area (Å²) in [6.07, 6.45) is 5.31. The number of nitrogens with zero attached hydrogens (tertiary/aromatic N) is 6. The number of anilines is 1. The molecule has 0 radical (unpaired) electrons. The third kappa shape index (κ3) is 4.50. The maximum absolute atomic E-state index is 12.6. The number of fused-ring (bicyclic) bond motifs is 1. The van der Waals surface area contributed by atoms with Gasteiger partial charge in [0.05, 0.1) is 24.2 Å². The number of pyridine rings is 1. The Labute approximate surface area is 182 Å². The van der Waals surface area contributed by atoms with E-state index in [2.05, 4.69) is 25.1 Å². The Bertz CT molecular complexity index is 1200. The van der Waals surface area contributed by atoms with Gasteiger partial charge in [-0.1, -0.05) is 5.16 Å². The number of imidazole rings is 1. The molecule has 10 nitrogen and oxygen atoms in total. The summed E-state index contributed by atoms with van der Waals surface area (Å²) in [5.74, 6) is 1.31. The monoisotopic (exact) mass is 439 g/mol. The Kier molecular flexibility index (Phi) is 6.12. The van der Waals surface area contributed by atoms with E-state index in [-0.39, 0.29) is 6.61 Å². The lowest BCUT2D eigenvalue weighted by atomic mass is 10.2. The fourth-order valence-electron chi connectivity index (χ4n) is 3.05. The summed E-state index contributed by atoms with van der Waals surface area (Å²) in [4.78, 5) is 29.3. The largest absolute Gasteiger partial charge is 0.462 e. The molecule has 0 aromatic carbocycles. The third-order valence-electron chi connectivity index (χ3n) is 4.73. The van der Waals surface area contributed by atoms with E-state index < -0.39 is 5.97 Å². The highest BCUT2D eigenvalue weighted by molar-refractivity contribution is 7.98. The molecule has 0 saturated heterocycles. The van der Waals surface area contributed by atoms with E-state index >= 15 is 0 Å². The lowest BCUT2D eigenvalue weighted by Gasteiger charge is -2.09. The van der Waals surface area contributed by atoms with Crippen molar-refractivity contribution in [3.63, 3.8) is 0 Å². The lowest BCUT2D eigenvalue weighted by molar-refractivity contribution is 0.0491. The molecule has 4 rings (SSSR count). The molecule has 0 saturated carbocycles. The number of thioether (sulfide) groups is 1. The first-order valence-corrected chi connectivity index (χ1v) is 10.6. The van der Waals surface area contributed by atoms with E-state index in [9.17, 15) is 4.79 Å². The summed E-state index contributed by atoms with van der Waals surface area (Å²) in [7, 11) is 0. The van der Waals surface area contributed by atoms with Gasteiger partial charge in [0, 0.05) is 24.1 Å². The molecule has 160 valence electrons. The lowest BCUT2D eigenvalue weighted by Crippen LogP contribution is -2.10. The van der Waals surface area contributed by atoms with Crippen molar-refractivity contribution in [3.05, 3.63) is 53.6 Å². The first-order chi connectivity index (χ1) is 15.0. The number of ether oxygens (including phenoxy) is 1. The van der Waals surface area contributed by atoms with Crippen molar-refractivity contribution >= 4 is 34.7 Å². The Morgan fingerprint density at radius 1 is 1.26 bits per heavy atom. The molecule has 4 aromatic rings. The fraction of sp³-hybridized carbons (Fsp3) is 0.300. The number of esters is 1. The van der Waals surface area contributed by atoms with Gasteiger partial charge in [-0.05, 0) is 32.4 Å². The van der Waals surface area contributed by atoms with Gasteiger partial charge in [-0.3, -0.25) is 0 Å². The Morgan fingerprint density at radius 3 is 2.94 bits per heavy atom. The van der Waals surface area contributed by atoms with Crippen molar-refractivity contribution in [1.29, 1.82) is 0 Å². The molecule has 4 heterocycles. The maximum Gasteiger partial charge on any atom is 0.340 e. The SMILES string of the molecule is Cc1noc(C)c1CSc1ncccc1C(=O)OCCCn1cnc2c(N)ncnc21. The van der Waals surface area contributed by atoms with Gasteiger partial charge in [-0.25, -0.2) is 24.7 Å². The number of rotatable bonds is 8. The number of carbonyl (C=O) groups is 1. The number of aromatic nitrogens is 6. The van der Waals surface area contributed by atoms with Crippen molar-refractivity contribution in [2.75, 3.05) is 12.3 Å². The van der Waals surface area contributed by atoms with Crippen molar-refractivity contribution in [2.24, 2.45) is 0 Å². The molecular weight excluding hydrogens is 418 g/mol. The van der Waals surface area contributed by atoms with Crippen LogP contribution in [0.5, 0.6) is 0 Å². The van der Waals surface area contributed by atoms with Gasteiger partial charge in [-0.2, -0.15) is 0 Å². The van der Waals surface area contributed by atoms with Crippen LogP contribution < -0.4 is 5.73 Å². The number of carbonyl (C=O) groups excluding carboxylic acids is 1. The van der Waals surface area contributed by atoms with E-state index in [1.165, 1.54) is 18.1 Å². The maximum atomic E-state index is 12.6. The molecule has 0 amide bonds. The van der Waals surface area contributed by atoms with Gasteiger partial charge in [0.1, 0.15) is 22.6 Å². The summed E-state index contributed by atoms with van der Waals surface area (Å²) < 4.78 is 12.5. The van der Waals surface area contributed by atoms with Crippen LogP contribution in [0.2, 0.25) is 0 Å². The molecule has 0 atom stereocenters. The number of aryl methyl sites for hydroxylation is 3. The van der Waals surface area contributed by atoms with Gasteiger partial charge in [0.25, 0.3) is 0 Å². The van der Waals surface area contributed by atoms with Crippen LogP contribution in [-0.2, 0) is 17.0 Å². The third-order valence-corrected chi connectivity index (χ3v) is 5.76. The second-order valence-electron chi connectivity index (χ2n) is 6.81. The fourth-order valence-corrected chi connectivity index (χ4v) is 4.19. The van der Waals surface area contributed by atoms with E-state index in [0.717, 1.165) is 17.0 Å². The number of hydrogen-bond donors (Lipinski definition) is 1. The summed E-state index contributed by atoms with van der Waals surface area (Å²) in [5, 5.41) is 4.57. The minimum Gasteiger partial charge on any atom is -0.462 e. The quantitative estimate of drug-likeness (QED) is 0.248. The molecule has 0 spiro atoms. The first kappa shape index (κ1) is 20.8. The molecule has 11 heteroatoms. The molecule has 0 fully saturated rings. The zero-order chi connectivity index (χ0) is 21.8. The highest BCUT2D eigenvalue weighted by Crippen LogP contribution is 2.27. The summed E-state index contributed by atoms with van der Waals surface area (Å²) in [6, 6.07) is 3.44. The van der Waals surface area contributed by atoms with E-state index in [4.69, 9.17) is 15.0 Å². The topological polar surface area (TPSA) is 135 Å². The van der Waals surface area contributed by atoms with Crippen molar-refractivity contribution < 1.29 is 14.1 Å². The van der Waals surface area contributed by atoms with Crippen LogP contribution in [0.3, 0.4) is 0 Å². The number of nitrogen functional groups attached to an aromatic ring is 1. The summed E-state index contributed by atoms with van der Waals surface area (Å²) >= 11 is 1.45. The normalized spacial score (nSPS) is 11.2. The van der Waals surface area contributed by atoms with Crippen LogP contribution in [0.15, 0.2) is 40.5 Å². The standard InChI is InChI=1S/C20H21N7O3S/c1-12-15(13(2)30-26-12)9-31-19-14(5-3-6-22-19)20(28)29-8-4-7-27-11-25-16-17(21)23-10-24-18(16)27/h3,5-6,10-11H,4,7-9H2,1-2H3,(H2,21,23,24). The molecule has 0 unspecified atom stereocenters. The van der Waals surface area contributed by atoms with Crippen LogP contribution >= 0.6 is 11.8 Å². The number of nitrogens with two attached hydrogens (primary N) is 1. The molecule has 0 bridgehead atoms. The molecule has 0 aliphatic rings. The Balaban J connectivity index is 1.34. The first-order valence-electron chi connectivity index (χ1n) is 9.62. The number of hydrogen-bond acceptors (Lipinski definition) is 10. The molecular formula is C20H21N7O3S. The zero-order valence-electron chi connectivity index (χ0n) is 17.1.